The molecule has 0 bridgehead atoms. The van der Waals surface area contributed by atoms with Crippen molar-refractivity contribution in [1.29, 1.82) is 0 Å². The van der Waals surface area contributed by atoms with E-state index in [0.717, 1.165) is 12.0 Å². The maximum atomic E-state index is 12.7. The van der Waals surface area contributed by atoms with Crippen molar-refractivity contribution >= 4 is 10.0 Å². The Kier molecular flexibility index (Phi) is 3.11. The van der Waals surface area contributed by atoms with Crippen LogP contribution in [-0.2, 0) is 21.3 Å². The molecule has 1 aromatic heterocycles. The molecule has 0 saturated carbocycles. The second-order valence-electron chi connectivity index (χ2n) is 5.89. The first-order valence-electron chi connectivity index (χ1n) is 7.27. The lowest BCUT2D eigenvalue weighted by Gasteiger charge is -2.56. The Morgan fingerprint density at radius 1 is 1.23 bits per heavy atom. The predicted octanol–water partition coefficient (Wildman–Crippen LogP) is 1.09. The van der Waals surface area contributed by atoms with E-state index < -0.39 is 10.0 Å². The molecule has 1 aromatic carbocycles. The van der Waals surface area contributed by atoms with Gasteiger partial charge in [0, 0.05) is 18.9 Å². The van der Waals surface area contributed by atoms with E-state index in [9.17, 15) is 8.42 Å². The van der Waals surface area contributed by atoms with Crippen LogP contribution in [0.25, 0.3) is 0 Å². The Balaban J connectivity index is 1.55. The Morgan fingerprint density at radius 3 is 2.50 bits per heavy atom. The van der Waals surface area contributed by atoms with Crippen molar-refractivity contribution in [2.75, 3.05) is 19.8 Å². The lowest BCUT2D eigenvalue weighted by atomic mass is 9.86. The molecule has 4 rings (SSSR count). The molecule has 2 aromatic rings. The van der Waals surface area contributed by atoms with Crippen LogP contribution in [-0.4, -0.2) is 47.8 Å². The number of hydrogen-bond acceptors (Lipinski definition) is 4. The Hall–Kier alpha value is -1.70. The zero-order valence-electron chi connectivity index (χ0n) is 12.1. The van der Waals surface area contributed by atoms with Gasteiger partial charge in [-0.05, 0) is 30.2 Å². The van der Waals surface area contributed by atoms with Gasteiger partial charge in [-0.2, -0.15) is 9.40 Å². The van der Waals surface area contributed by atoms with Crippen LogP contribution in [0.1, 0.15) is 12.0 Å². The van der Waals surface area contributed by atoms with Crippen LogP contribution in [0, 0.1) is 0 Å². The van der Waals surface area contributed by atoms with Crippen LogP contribution < -0.4 is 0 Å². The van der Waals surface area contributed by atoms with E-state index in [1.54, 1.807) is 27.3 Å². The molecule has 2 saturated heterocycles. The molecule has 22 heavy (non-hydrogen) atoms. The lowest BCUT2D eigenvalue weighted by Crippen LogP contribution is -2.71. The normalized spacial score (nSPS) is 20.5. The monoisotopic (exact) mass is 319 g/mol. The fraction of sp³-hybridized carbons (Fsp3) is 0.400. The van der Waals surface area contributed by atoms with E-state index in [-0.39, 0.29) is 5.54 Å². The second kappa shape index (κ2) is 4.91. The van der Waals surface area contributed by atoms with Crippen molar-refractivity contribution in [3.8, 4) is 0 Å². The molecule has 1 spiro atoms. The molecule has 116 valence electrons. The number of aromatic nitrogens is 2. The Bertz CT molecular complexity index is 759. The lowest BCUT2D eigenvalue weighted by molar-refractivity contribution is -0.156. The molecule has 6 nitrogen and oxygen atoms in total. The minimum Gasteiger partial charge on any atom is -0.377 e. The molecule has 2 fully saturated rings. The standard InChI is InChI=1S/C15H17N3O3S/c19-22(20,18-9-6-15(18)11-21-12-15)14-4-2-13(3-5-14)10-17-8-1-7-16-17/h1-5,7-8H,6,9-12H2. The molecule has 7 heteroatoms. The molecule has 0 amide bonds. The van der Waals surface area contributed by atoms with Crippen LogP contribution >= 0.6 is 0 Å². The third kappa shape index (κ3) is 2.08. The van der Waals surface area contributed by atoms with E-state index in [4.69, 9.17) is 4.74 Å². The van der Waals surface area contributed by atoms with Gasteiger partial charge in [0.2, 0.25) is 10.0 Å². The van der Waals surface area contributed by atoms with Gasteiger partial charge >= 0.3 is 0 Å². The summed E-state index contributed by atoms with van der Waals surface area (Å²) in [5, 5.41) is 4.15. The molecule has 2 aliphatic heterocycles. The van der Waals surface area contributed by atoms with Crippen molar-refractivity contribution in [3.05, 3.63) is 48.3 Å². The highest BCUT2D eigenvalue weighted by Gasteiger charge is 2.56. The van der Waals surface area contributed by atoms with E-state index in [1.165, 1.54) is 0 Å². The summed E-state index contributed by atoms with van der Waals surface area (Å²) in [6, 6.07) is 8.92. The first-order valence-corrected chi connectivity index (χ1v) is 8.71. The van der Waals surface area contributed by atoms with Crippen molar-refractivity contribution in [2.45, 2.75) is 23.4 Å². The largest absolute Gasteiger partial charge is 0.377 e. The van der Waals surface area contributed by atoms with E-state index in [1.807, 2.05) is 24.4 Å². The number of benzene rings is 1. The van der Waals surface area contributed by atoms with E-state index in [2.05, 4.69) is 5.10 Å². The van der Waals surface area contributed by atoms with Crippen LogP contribution in [0.5, 0.6) is 0 Å². The average Bonchev–Trinajstić information content (AvgIpc) is 2.89. The number of sulfonamides is 1. The van der Waals surface area contributed by atoms with Gasteiger partial charge in [0.1, 0.15) is 0 Å². The highest BCUT2D eigenvalue weighted by atomic mass is 32.2. The van der Waals surface area contributed by atoms with Gasteiger partial charge in [-0.25, -0.2) is 8.42 Å². The first-order chi connectivity index (χ1) is 10.6. The van der Waals surface area contributed by atoms with Gasteiger partial charge in [0.05, 0.1) is 30.2 Å². The molecule has 2 aliphatic rings. The molecular weight excluding hydrogens is 302 g/mol. The molecule has 0 aliphatic carbocycles. The van der Waals surface area contributed by atoms with Crippen LogP contribution in [0.2, 0.25) is 0 Å². The summed E-state index contributed by atoms with van der Waals surface area (Å²) in [6.07, 6.45) is 4.50. The minimum absolute atomic E-state index is 0.271. The maximum Gasteiger partial charge on any atom is 0.243 e. The predicted molar refractivity (Wildman–Crippen MR) is 79.8 cm³/mol. The fourth-order valence-electron chi connectivity index (χ4n) is 3.00. The zero-order chi connectivity index (χ0) is 15.2. The highest BCUT2D eigenvalue weighted by molar-refractivity contribution is 7.89. The summed E-state index contributed by atoms with van der Waals surface area (Å²) >= 11 is 0. The van der Waals surface area contributed by atoms with E-state index in [0.29, 0.717) is 31.2 Å². The van der Waals surface area contributed by atoms with Gasteiger partial charge in [-0.15, -0.1) is 0 Å². The minimum atomic E-state index is -3.42. The molecule has 3 heterocycles. The number of hydrogen-bond donors (Lipinski definition) is 0. The highest BCUT2D eigenvalue weighted by Crippen LogP contribution is 2.41. The van der Waals surface area contributed by atoms with Gasteiger partial charge in [-0.3, -0.25) is 4.68 Å². The van der Waals surface area contributed by atoms with Crippen molar-refractivity contribution in [1.82, 2.24) is 14.1 Å². The second-order valence-corrected chi connectivity index (χ2v) is 7.75. The number of ether oxygens (including phenoxy) is 1. The van der Waals surface area contributed by atoms with E-state index >= 15 is 0 Å². The van der Waals surface area contributed by atoms with Crippen molar-refractivity contribution in [2.24, 2.45) is 0 Å². The number of nitrogens with zero attached hydrogens (tertiary/aromatic N) is 3. The van der Waals surface area contributed by atoms with Gasteiger partial charge in [0.25, 0.3) is 0 Å². The molecular formula is C15H17N3O3S. The third-order valence-corrected chi connectivity index (χ3v) is 6.48. The SMILES string of the molecule is O=S(=O)(c1ccc(Cn2cccn2)cc1)N1CCC12COC2. The summed E-state index contributed by atoms with van der Waals surface area (Å²) in [6.45, 7) is 2.25. The molecule has 0 unspecified atom stereocenters. The van der Waals surface area contributed by atoms with Gasteiger partial charge < -0.3 is 4.74 Å². The smallest absolute Gasteiger partial charge is 0.243 e. The summed E-state index contributed by atoms with van der Waals surface area (Å²) in [5.41, 5.74) is 0.750. The molecule has 0 N–H and O–H groups in total. The first kappa shape index (κ1) is 13.9. The van der Waals surface area contributed by atoms with Crippen LogP contribution in [0.15, 0.2) is 47.6 Å². The Morgan fingerprint density at radius 2 is 2.00 bits per heavy atom. The summed E-state index contributed by atoms with van der Waals surface area (Å²) in [5.74, 6) is 0. The summed E-state index contributed by atoms with van der Waals surface area (Å²) in [4.78, 5) is 0.350. The van der Waals surface area contributed by atoms with Crippen molar-refractivity contribution in [3.63, 3.8) is 0 Å². The van der Waals surface area contributed by atoms with Crippen LogP contribution in [0.4, 0.5) is 0 Å². The maximum absolute atomic E-state index is 12.7. The third-order valence-electron chi connectivity index (χ3n) is 4.47. The zero-order valence-corrected chi connectivity index (χ0v) is 12.9. The summed E-state index contributed by atoms with van der Waals surface area (Å²) < 4.78 is 34.0. The fourth-order valence-corrected chi connectivity index (χ4v) is 4.77. The average molecular weight is 319 g/mol. The molecule has 0 radical (unpaired) electrons. The molecule has 0 atom stereocenters. The topological polar surface area (TPSA) is 64.4 Å². The van der Waals surface area contributed by atoms with Gasteiger partial charge in [0.15, 0.2) is 0 Å². The Labute approximate surface area is 129 Å². The van der Waals surface area contributed by atoms with Gasteiger partial charge in [-0.1, -0.05) is 12.1 Å². The number of rotatable bonds is 4. The van der Waals surface area contributed by atoms with Crippen LogP contribution in [0.3, 0.4) is 0 Å². The summed E-state index contributed by atoms with van der Waals surface area (Å²) in [7, 11) is -3.42. The van der Waals surface area contributed by atoms with Crippen molar-refractivity contribution < 1.29 is 13.2 Å². The quantitative estimate of drug-likeness (QED) is 0.846.